The molecule has 1 amide bonds. The maximum absolute atomic E-state index is 11.6. The normalized spacial score (nSPS) is 22.9. The van der Waals surface area contributed by atoms with Crippen LogP contribution >= 0.6 is 11.8 Å². The molecule has 1 aromatic rings. The predicted octanol–water partition coefficient (Wildman–Crippen LogP) is -0.130. The molecule has 0 bridgehead atoms. The second-order valence-corrected chi connectivity index (χ2v) is 5.31. The van der Waals surface area contributed by atoms with E-state index < -0.39 is 0 Å². The highest BCUT2D eigenvalue weighted by molar-refractivity contribution is 8.00. The maximum atomic E-state index is 11.6. The summed E-state index contributed by atoms with van der Waals surface area (Å²) in [4.78, 5) is 16.6. The number of β-amino-alcohol motifs (C(OH)–C–C–N with tert-alkyl or cyclic N) is 1. The van der Waals surface area contributed by atoms with E-state index in [1.54, 1.807) is 12.4 Å². The van der Waals surface area contributed by atoms with Crippen molar-refractivity contribution in [3.8, 4) is 0 Å². The molecule has 98 valence electrons. The second-order valence-electron chi connectivity index (χ2n) is 4.26. The number of amides is 1. The Morgan fingerprint density at radius 1 is 1.50 bits per heavy atom. The number of hydrogen-bond acceptors (Lipinski definition) is 5. The van der Waals surface area contributed by atoms with Gasteiger partial charge >= 0.3 is 0 Å². The van der Waals surface area contributed by atoms with Gasteiger partial charge in [-0.25, -0.2) is 0 Å². The van der Waals surface area contributed by atoms with Crippen LogP contribution < -0.4 is 10.6 Å². The minimum absolute atomic E-state index is 0.00378. The zero-order chi connectivity index (χ0) is 12.8. The van der Waals surface area contributed by atoms with Gasteiger partial charge in [0.25, 0.3) is 0 Å². The topological polar surface area (TPSA) is 74.2 Å². The lowest BCUT2D eigenvalue weighted by Gasteiger charge is -2.13. The Bertz CT molecular complexity index is 388. The lowest BCUT2D eigenvalue weighted by molar-refractivity contribution is -0.118. The standard InChI is InChI=1S/C12H17N3O2S/c16-11-7-14-5-9(11)6-15-12(17)8-18-10-1-3-13-4-2-10/h1-4,9,11,14,16H,5-8H2,(H,15,17). The van der Waals surface area contributed by atoms with Gasteiger partial charge in [-0.15, -0.1) is 11.8 Å². The Hall–Kier alpha value is -1.11. The Balaban J connectivity index is 1.66. The molecule has 2 unspecified atom stereocenters. The highest BCUT2D eigenvalue weighted by atomic mass is 32.2. The van der Waals surface area contributed by atoms with E-state index in [1.165, 1.54) is 11.8 Å². The van der Waals surface area contributed by atoms with Crippen molar-refractivity contribution in [2.24, 2.45) is 5.92 Å². The SMILES string of the molecule is O=C(CSc1ccncc1)NCC1CNCC1O. The minimum atomic E-state index is -0.349. The molecule has 0 spiro atoms. The lowest BCUT2D eigenvalue weighted by atomic mass is 10.1. The summed E-state index contributed by atoms with van der Waals surface area (Å²) in [6.07, 6.45) is 3.07. The molecule has 0 radical (unpaired) electrons. The summed E-state index contributed by atoms with van der Waals surface area (Å²) >= 11 is 1.48. The number of aliphatic hydroxyl groups excluding tert-OH is 1. The molecule has 0 aliphatic carbocycles. The molecule has 3 N–H and O–H groups in total. The van der Waals surface area contributed by atoms with Gasteiger partial charge in [-0.05, 0) is 12.1 Å². The molecule has 1 fully saturated rings. The molecule has 1 saturated heterocycles. The second kappa shape index (κ2) is 6.72. The molecule has 1 aliphatic heterocycles. The van der Waals surface area contributed by atoms with Crippen molar-refractivity contribution in [1.29, 1.82) is 0 Å². The summed E-state index contributed by atoms with van der Waals surface area (Å²) in [5.41, 5.74) is 0. The van der Waals surface area contributed by atoms with E-state index in [0.717, 1.165) is 11.4 Å². The van der Waals surface area contributed by atoms with Gasteiger partial charge in [-0.2, -0.15) is 0 Å². The summed E-state index contributed by atoms with van der Waals surface area (Å²) in [7, 11) is 0. The van der Waals surface area contributed by atoms with E-state index in [9.17, 15) is 9.90 Å². The third kappa shape index (κ3) is 3.97. The van der Waals surface area contributed by atoms with E-state index in [4.69, 9.17) is 0 Å². The van der Waals surface area contributed by atoms with Crippen LogP contribution in [0.2, 0.25) is 0 Å². The molecule has 6 heteroatoms. The zero-order valence-electron chi connectivity index (χ0n) is 10.0. The zero-order valence-corrected chi connectivity index (χ0v) is 10.8. The van der Waals surface area contributed by atoms with Gasteiger partial charge in [0, 0.05) is 42.8 Å². The Kier molecular flexibility index (Phi) is 4.98. The van der Waals surface area contributed by atoms with Crippen LogP contribution in [-0.2, 0) is 4.79 Å². The van der Waals surface area contributed by atoms with Gasteiger partial charge in [0.2, 0.25) is 5.91 Å². The summed E-state index contributed by atoms with van der Waals surface area (Å²) in [5, 5.41) is 15.5. The van der Waals surface area contributed by atoms with Crippen molar-refractivity contribution in [3.05, 3.63) is 24.5 Å². The smallest absolute Gasteiger partial charge is 0.230 e. The molecule has 2 rings (SSSR count). The highest BCUT2D eigenvalue weighted by Gasteiger charge is 2.24. The van der Waals surface area contributed by atoms with Crippen molar-refractivity contribution >= 4 is 17.7 Å². The molecule has 2 heterocycles. The third-order valence-corrected chi connectivity index (χ3v) is 3.90. The fourth-order valence-electron chi connectivity index (χ4n) is 1.81. The fourth-order valence-corrected chi connectivity index (χ4v) is 2.52. The number of carbonyl (C=O) groups excluding carboxylic acids is 1. The first-order chi connectivity index (χ1) is 8.75. The number of nitrogens with one attached hydrogen (secondary N) is 2. The molecular weight excluding hydrogens is 250 g/mol. The van der Waals surface area contributed by atoms with E-state index in [1.807, 2.05) is 12.1 Å². The number of thioether (sulfide) groups is 1. The van der Waals surface area contributed by atoms with Crippen LogP contribution in [0, 0.1) is 5.92 Å². The van der Waals surface area contributed by atoms with Crippen LogP contribution in [0.1, 0.15) is 0 Å². The van der Waals surface area contributed by atoms with E-state index in [-0.39, 0.29) is 17.9 Å². The van der Waals surface area contributed by atoms with E-state index in [0.29, 0.717) is 18.8 Å². The van der Waals surface area contributed by atoms with E-state index >= 15 is 0 Å². The van der Waals surface area contributed by atoms with Crippen LogP contribution in [0.15, 0.2) is 29.4 Å². The van der Waals surface area contributed by atoms with Crippen LogP contribution in [-0.4, -0.2) is 47.5 Å². The predicted molar refractivity (Wildman–Crippen MR) is 70.3 cm³/mol. The average Bonchev–Trinajstić information content (AvgIpc) is 2.81. The fraction of sp³-hybridized carbons (Fsp3) is 0.500. The Morgan fingerprint density at radius 2 is 2.28 bits per heavy atom. The molecule has 2 atom stereocenters. The van der Waals surface area contributed by atoms with Crippen molar-refractivity contribution < 1.29 is 9.90 Å². The van der Waals surface area contributed by atoms with Gasteiger partial charge in [0.05, 0.1) is 11.9 Å². The molecule has 18 heavy (non-hydrogen) atoms. The van der Waals surface area contributed by atoms with Crippen LogP contribution in [0.4, 0.5) is 0 Å². The molecule has 0 saturated carbocycles. The summed E-state index contributed by atoms with van der Waals surface area (Å²) in [6, 6.07) is 3.76. The number of aliphatic hydroxyl groups is 1. The van der Waals surface area contributed by atoms with Gasteiger partial charge in [-0.3, -0.25) is 9.78 Å². The highest BCUT2D eigenvalue weighted by Crippen LogP contribution is 2.15. The molecule has 1 aromatic heterocycles. The monoisotopic (exact) mass is 267 g/mol. The molecule has 5 nitrogen and oxygen atoms in total. The number of carbonyl (C=O) groups is 1. The van der Waals surface area contributed by atoms with Gasteiger partial charge < -0.3 is 15.7 Å². The molecule has 1 aliphatic rings. The Morgan fingerprint density at radius 3 is 2.94 bits per heavy atom. The van der Waals surface area contributed by atoms with Crippen molar-refractivity contribution in [1.82, 2.24) is 15.6 Å². The first-order valence-corrected chi connectivity index (χ1v) is 6.92. The van der Waals surface area contributed by atoms with Crippen LogP contribution in [0.25, 0.3) is 0 Å². The number of rotatable bonds is 5. The quantitative estimate of drug-likeness (QED) is 0.648. The molecule has 0 aromatic carbocycles. The maximum Gasteiger partial charge on any atom is 0.230 e. The first-order valence-electron chi connectivity index (χ1n) is 5.94. The van der Waals surface area contributed by atoms with Crippen LogP contribution in [0.3, 0.4) is 0 Å². The number of pyridine rings is 1. The Labute approximate surface area is 110 Å². The van der Waals surface area contributed by atoms with Gasteiger partial charge in [0.15, 0.2) is 0 Å². The number of nitrogens with zero attached hydrogens (tertiary/aromatic N) is 1. The average molecular weight is 267 g/mol. The first kappa shape index (κ1) is 13.3. The molecular formula is C12H17N3O2S. The summed E-state index contributed by atoms with van der Waals surface area (Å²) in [6.45, 7) is 1.91. The number of hydrogen-bond donors (Lipinski definition) is 3. The largest absolute Gasteiger partial charge is 0.391 e. The van der Waals surface area contributed by atoms with Gasteiger partial charge in [0.1, 0.15) is 0 Å². The van der Waals surface area contributed by atoms with Crippen molar-refractivity contribution in [2.75, 3.05) is 25.4 Å². The van der Waals surface area contributed by atoms with E-state index in [2.05, 4.69) is 15.6 Å². The van der Waals surface area contributed by atoms with Crippen molar-refractivity contribution in [3.63, 3.8) is 0 Å². The van der Waals surface area contributed by atoms with Crippen LogP contribution in [0.5, 0.6) is 0 Å². The minimum Gasteiger partial charge on any atom is -0.391 e. The summed E-state index contributed by atoms with van der Waals surface area (Å²) in [5.74, 6) is 0.510. The third-order valence-electron chi connectivity index (χ3n) is 2.89. The summed E-state index contributed by atoms with van der Waals surface area (Å²) < 4.78 is 0. The van der Waals surface area contributed by atoms with Gasteiger partial charge in [-0.1, -0.05) is 0 Å². The number of aromatic nitrogens is 1. The lowest BCUT2D eigenvalue weighted by Crippen LogP contribution is -2.35. The van der Waals surface area contributed by atoms with Crippen molar-refractivity contribution in [2.45, 2.75) is 11.0 Å².